The molecule has 3 rings (SSSR count). The molecule has 150 valence electrons. The second-order valence-corrected chi connectivity index (χ2v) is 7.09. The van der Waals surface area contributed by atoms with Crippen molar-refractivity contribution in [3.8, 4) is 5.75 Å². The van der Waals surface area contributed by atoms with E-state index < -0.39 is 0 Å². The number of anilines is 1. The SMILES string of the molecule is CN=C(NCC(C)Oc1cccc(Cl)c1)N1CCN(c2cnn(C)c2)C(=O)C1. The number of ether oxygens (including phenoxy) is 1. The molecular formula is C19H25ClN6O2. The van der Waals surface area contributed by atoms with E-state index in [1.54, 1.807) is 35.0 Å². The molecule has 28 heavy (non-hydrogen) atoms. The summed E-state index contributed by atoms with van der Waals surface area (Å²) >= 11 is 5.99. The van der Waals surface area contributed by atoms with E-state index in [0.29, 0.717) is 30.6 Å². The second kappa shape index (κ2) is 8.97. The first-order valence-electron chi connectivity index (χ1n) is 9.13. The summed E-state index contributed by atoms with van der Waals surface area (Å²) in [6.45, 7) is 4.05. The number of guanidine groups is 1. The molecule has 2 heterocycles. The van der Waals surface area contributed by atoms with Crippen LogP contribution in [0.1, 0.15) is 6.92 Å². The van der Waals surface area contributed by atoms with Crippen LogP contribution in [0.3, 0.4) is 0 Å². The molecule has 1 aliphatic rings. The van der Waals surface area contributed by atoms with Crippen LogP contribution in [0, 0.1) is 0 Å². The fourth-order valence-corrected chi connectivity index (χ4v) is 3.24. The molecule has 8 nitrogen and oxygen atoms in total. The monoisotopic (exact) mass is 404 g/mol. The van der Waals surface area contributed by atoms with Gasteiger partial charge in [-0.1, -0.05) is 17.7 Å². The van der Waals surface area contributed by atoms with Gasteiger partial charge < -0.3 is 19.9 Å². The number of rotatable bonds is 5. The summed E-state index contributed by atoms with van der Waals surface area (Å²) in [5, 5.41) is 8.06. The lowest BCUT2D eigenvalue weighted by Crippen LogP contribution is -2.56. The first-order valence-corrected chi connectivity index (χ1v) is 9.51. The number of halogens is 1. The minimum Gasteiger partial charge on any atom is -0.489 e. The Morgan fingerprint density at radius 1 is 1.43 bits per heavy atom. The summed E-state index contributed by atoms with van der Waals surface area (Å²) in [6, 6.07) is 7.31. The van der Waals surface area contributed by atoms with E-state index in [1.165, 1.54) is 0 Å². The normalized spacial score (nSPS) is 16.3. The van der Waals surface area contributed by atoms with Crippen molar-refractivity contribution in [3.05, 3.63) is 41.7 Å². The fourth-order valence-electron chi connectivity index (χ4n) is 3.06. The van der Waals surface area contributed by atoms with Crippen LogP contribution in [-0.4, -0.2) is 65.9 Å². The molecule has 2 aromatic rings. The molecule has 0 spiro atoms. The van der Waals surface area contributed by atoms with Crippen LogP contribution >= 0.6 is 11.6 Å². The molecule has 0 radical (unpaired) electrons. The molecule has 1 saturated heterocycles. The Hall–Kier alpha value is -2.74. The van der Waals surface area contributed by atoms with Crippen LogP contribution in [0.2, 0.25) is 5.02 Å². The smallest absolute Gasteiger partial charge is 0.246 e. The summed E-state index contributed by atoms with van der Waals surface area (Å²) in [5.41, 5.74) is 0.818. The summed E-state index contributed by atoms with van der Waals surface area (Å²) in [7, 11) is 3.55. The van der Waals surface area contributed by atoms with Gasteiger partial charge in [-0.2, -0.15) is 5.10 Å². The summed E-state index contributed by atoms with van der Waals surface area (Å²) in [4.78, 5) is 20.6. The Kier molecular flexibility index (Phi) is 6.41. The fraction of sp³-hybridized carbons (Fsp3) is 0.421. The summed E-state index contributed by atoms with van der Waals surface area (Å²) in [5.74, 6) is 1.42. The molecule has 1 aliphatic heterocycles. The van der Waals surface area contributed by atoms with Gasteiger partial charge in [-0.05, 0) is 25.1 Å². The maximum Gasteiger partial charge on any atom is 0.246 e. The number of amides is 1. The third kappa shape index (κ3) is 4.95. The highest BCUT2D eigenvalue weighted by molar-refractivity contribution is 6.30. The number of aromatic nitrogens is 2. The van der Waals surface area contributed by atoms with Crippen LogP contribution < -0.4 is 15.0 Å². The minimum absolute atomic E-state index is 0.0189. The summed E-state index contributed by atoms with van der Waals surface area (Å²) in [6.07, 6.45) is 3.45. The number of nitrogens with one attached hydrogen (secondary N) is 1. The maximum atomic E-state index is 12.6. The van der Waals surface area contributed by atoms with Gasteiger partial charge in [0, 0.05) is 38.4 Å². The largest absolute Gasteiger partial charge is 0.489 e. The number of hydrogen-bond donors (Lipinski definition) is 1. The van der Waals surface area contributed by atoms with Crippen molar-refractivity contribution in [2.45, 2.75) is 13.0 Å². The average molecular weight is 405 g/mol. The first-order chi connectivity index (χ1) is 13.5. The molecule has 0 bridgehead atoms. The number of benzene rings is 1. The third-order valence-corrected chi connectivity index (χ3v) is 4.65. The number of hydrogen-bond acceptors (Lipinski definition) is 4. The zero-order valence-electron chi connectivity index (χ0n) is 16.3. The zero-order valence-corrected chi connectivity index (χ0v) is 17.1. The van der Waals surface area contributed by atoms with E-state index >= 15 is 0 Å². The highest BCUT2D eigenvalue weighted by Gasteiger charge is 2.27. The molecule has 0 saturated carbocycles. The van der Waals surface area contributed by atoms with Gasteiger partial charge in [0.1, 0.15) is 18.4 Å². The predicted molar refractivity (Wildman–Crippen MR) is 110 cm³/mol. The van der Waals surface area contributed by atoms with Crippen molar-refractivity contribution in [1.82, 2.24) is 20.0 Å². The lowest BCUT2D eigenvalue weighted by molar-refractivity contribution is -0.120. The number of nitrogens with zero attached hydrogens (tertiary/aromatic N) is 5. The van der Waals surface area contributed by atoms with Gasteiger partial charge in [0.25, 0.3) is 0 Å². The van der Waals surface area contributed by atoms with Crippen molar-refractivity contribution in [3.63, 3.8) is 0 Å². The third-order valence-electron chi connectivity index (χ3n) is 4.42. The highest BCUT2D eigenvalue weighted by atomic mass is 35.5. The van der Waals surface area contributed by atoms with Crippen LogP contribution in [0.15, 0.2) is 41.7 Å². The molecule has 1 amide bonds. The number of carbonyl (C=O) groups is 1. The topological polar surface area (TPSA) is 75.0 Å². The van der Waals surface area contributed by atoms with Gasteiger partial charge in [0.2, 0.25) is 5.91 Å². The lowest BCUT2D eigenvalue weighted by Gasteiger charge is -2.35. The number of aryl methyl sites for hydroxylation is 1. The predicted octanol–water partition coefficient (Wildman–Crippen LogP) is 1.77. The molecule has 1 fully saturated rings. The molecule has 1 N–H and O–H groups in total. The van der Waals surface area contributed by atoms with Gasteiger partial charge in [-0.15, -0.1) is 0 Å². The number of aliphatic imine (C=N–C) groups is 1. The molecule has 1 aromatic heterocycles. The van der Waals surface area contributed by atoms with Crippen LogP contribution in [0.4, 0.5) is 5.69 Å². The Balaban J connectivity index is 1.52. The van der Waals surface area contributed by atoms with E-state index in [-0.39, 0.29) is 18.6 Å². The zero-order chi connectivity index (χ0) is 20.1. The van der Waals surface area contributed by atoms with E-state index in [9.17, 15) is 4.79 Å². The van der Waals surface area contributed by atoms with Crippen LogP contribution in [-0.2, 0) is 11.8 Å². The highest BCUT2D eigenvalue weighted by Crippen LogP contribution is 2.18. The van der Waals surface area contributed by atoms with E-state index in [0.717, 1.165) is 11.4 Å². The van der Waals surface area contributed by atoms with Gasteiger partial charge >= 0.3 is 0 Å². The van der Waals surface area contributed by atoms with E-state index in [4.69, 9.17) is 16.3 Å². The summed E-state index contributed by atoms with van der Waals surface area (Å²) < 4.78 is 7.56. The Morgan fingerprint density at radius 2 is 2.25 bits per heavy atom. The Bertz CT molecular complexity index is 852. The van der Waals surface area contributed by atoms with Crippen molar-refractivity contribution in [1.29, 1.82) is 0 Å². The van der Waals surface area contributed by atoms with Crippen molar-refractivity contribution in [2.75, 3.05) is 38.1 Å². The van der Waals surface area contributed by atoms with Crippen LogP contribution in [0.5, 0.6) is 5.75 Å². The molecule has 0 aliphatic carbocycles. The molecule has 9 heteroatoms. The standard InChI is InChI=1S/C19H25ClN6O2/c1-14(28-17-6-4-5-15(20)9-17)10-22-19(21-2)25-7-8-26(18(27)13-25)16-11-23-24(3)12-16/h4-6,9,11-12,14H,7-8,10,13H2,1-3H3,(H,21,22). The lowest BCUT2D eigenvalue weighted by atomic mass is 10.3. The van der Waals surface area contributed by atoms with Gasteiger partial charge in [-0.3, -0.25) is 14.5 Å². The van der Waals surface area contributed by atoms with Gasteiger partial charge in [0.05, 0.1) is 18.4 Å². The molecule has 1 aromatic carbocycles. The molecular weight excluding hydrogens is 380 g/mol. The van der Waals surface area contributed by atoms with E-state index in [1.807, 2.05) is 37.2 Å². The second-order valence-electron chi connectivity index (χ2n) is 6.65. The Morgan fingerprint density at radius 3 is 2.89 bits per heavy atom. The quantitative estimate of drug-likeness (QED) is 0.607. The number of carbonyl (C=O) groups excluding carboxylic acids is 1. The van der Waals surface area contributed by atoms with Gasteiger partial charge in [0.15, 0.2) is 5.96 Å². The first kappa shape index (κ1) is 20.0. The van der Waals surface area contributed by atoms with Crippen LogP contribution in [0.25, 0.3) is 0 Å². The Labute approximate surface area is 169 Å². The molecule has 1 unspecified atom stereocenters. The van der Waals surface area contributed by atoms with Crippen molar-refractivity contribution in [2.24, 2.45) is 12.0 Å². The van der Waals surface area contributed by atoms with Crippen molar-refractivity contribution < 1.29 is 9.53 Å². The van der Waals surface area contributed by atoms with Gasteiger partial charge in [-0.25, -0.2) is 0 Å². The van der Waals surface area contributed by atoms with Crippen molar-refractivity contribution >= 4 is 29.2 Å². The van der Waals surface area contributed by atoms with E-state index in [2.05, 4.69) is 15.4 Å². The average Bonchev–Trinajstić information content (AvgIpc) is 3.08. The minimum atomic E-state index is -0.0948. The number of piperazine rings is 1. The maximum absolute atomic E-state index is 12.6. The molecule has 1 atom stereocenters.